The van der Waals surface area contributed by atoms with Crippen LogP contribution in [0.4, 0.5) is 0 Å². The summed E-state index contributed by atoms with van der Waals surface area (Å²) in [6.45, 7) is 2.42. The van der Waals surface area contributed by atoms with Gasteiger partial charge in [0.05, 0.1) is 7.11 Å². The lowest BCUT2D eigenvalue weighted by molar-refractivity contribution is -0.147. The maximum absolute atomic E-state index is 11.1. The number of carbonyl (C=O) groups is 1. The molecule has 0 saturated heterocycles. The Labute approximate surface area is 72.6 Å². The van der Waals surface area contributed by atoms with Gasteiger partial charge in [-0.05, 0) is 6.42 Å². The molecule has 0 rings (SSSR count). The Balaban J connectivity index is 4.19. The molecule has 0 aromatic rings. The molecule has 0 fully saturated rings. The van der Waals surface area contributed by atoms with Gasteiger partial charge in [-0.3, -0.25) is 9.69 Å². The fourth-order valence-corrected chi connectivity index (χ4v) is 1.04. The SMILES string of the molecule is CCC(C(=O)OC)N(CN)CN. The van der Waals surface area contributed by atoms with Crippen molar-refractivity contribution in [3.63, 3.8) is 0 Å². The molecule has 0 radical (unpaired) electrons. The van der Waals surface area contributed by atoms with Gasteiger partial charge in [-0.1, -0.05) is 6.92 Å². The summed E-state index contributed by atoms with van der Waals surface area (Å²) in [5, 5.41) is 0. The van der Waals surface area contributed by atoms with Gasteiger partial charge in [0, 0.05) is 13.3 Å². The van der Waals surface area contributed by atoms with E-state index in [9.17, 15) is 4.79 Å². The molecule has 0 aliphatic rings. The minimum Gasteiger partial charge on any atom is -0.468 e. The standard InChI is InChI=1S/C7H17N3O2/c1-3-6(7(11)12-2)10(4-8)5-9/h6H,3-5,8-9H2,1-2H3. The molecular weight excluding hydrogens is 158 g/mol. The predicted octanol–water partition coefficient (Wildman–Crippen LogP) is -0.928. The number of esters is 1. The van der Waals surface area contributed by atoms with Crippen LogP contribution in [0.15, 0.2) is 0 Å². The van der Waals surface area contributed by atoms with E-state index in [1.165, 1.54) is 7.11 Å². The predicted molar refractivity (Wildman–Crippen MR) is 46.0 cm³/mol. The second-order valence-electron chi connectivity index (χ2n) is 2.40. The third kappa shape index (κ3) is 2.77. The van der Waals surface area contributed by atoms with Crippen molar-refractivity contribution < 1.29 is 9.53 Å². The van der Waals surface area contributed by atoms with Crippen LogP contribution in [0.3, 0.4) is 0 Å². The minimum absolute atomic E-state index is 0.268. The lowest BCUT2D eigenvalue weighted by atomic mass is 10.2. The molecule has 1 unspecified atom stereocenters. The highest BCUT2D eigenvalue weighted by molar-refractivity contribution is 5.75. The summed E-state index contributed by atoms with van der Waals surface area (Å²) in [6.07, 6.45) is 0.654. The first-order valence-corrected chi connectivity index (χ1v) is 3.93. The van der Waals surface area contributed by atoms with Crippen LogP contribution in [0.1, 0.15) is 13.3 Å². The Hall–Kier alpha value is -0.650. The van der Waals surface area contributed by atoms with E-state index in [1.807, 2.05) is 6.92 Å². The molecule has 0 aliphatic heterocycles. The van der Waals surface area contributed by atoms with Crippen molar-refractivity contribution in [2.24, 2.45) is 11.5 Å². The van der Waals surface area contributed by atoms with E-state index in [4.69, 9.17) is 11.5 Å². The lowest BCUT2D eigenvalue weighted by Crippen LogP contribution is -2.47. The van der Waals surface area contributed by atoms with Gasteiger partial charge in [-0.25, -0.2) is 0 Å². The second-order valence-corrected chi connectivity index (χ2v) is 2.40. The summed E-state index contributed by atoms with van der Waals surface area (Å²) in [4.78, 5) is 12.8. The molecule has 0 aromatic heterocycles. The Bertz CT molecular complexity index is 137. The molecule has 0 bridgehead atoms. The molecule has 0 spiro atoms. The van der Waals surface area contributed by atoms with E-state index in [0.717, 1.165) is 0 Å². The molecule has 12 heavy (non-hydrogen) atoms. The molecule has 0 saturated carbocycles. The normalized spacial score (nSPS) is 13.1. The monoisotopic (exact) mass is 175 g/mol. The number of nitrogens with two attached hydrogens (primary N) is 2. The summed E-state index contributed by atoms with van der Waals surface area (Å²) in [7, 11) is 1.36. The number of nitrogens with zero attached hydrogens (tertiary/aromatic N) is 1. The summed E-state index contributed by atoms with van der Waals surface area (Å²) in [5.41, 5.74) is 10.8. The Morgan fingerprint density at radius 2 is 2.00 bits per heavy atom. The fourth-order valence-electron chi connectivity index (χ4n) is 1.04. The summed E-state index contributed by atoms with van der Waals surface area (Å²) < 4.78 is 4.60. The highest BCUT2D eigenvalue weighted by Gasteiger charge is 2.22. The minimum atomic E-state index is -0.315. The maximum Gasteiger partial charge on any atom is 0.323 e. The van der Waals surface area contributed by atoms with Crippen molar-refractivity contribution in [2.45, 2.75) is 19.4 Å². The van der Waals surface area contributed by atoms with Crippen LogP contribution >= 0.6 is 0 Å². The highest BCUT2D eigenvalue weighted by Crippen LogP contribution is 2.02. The fraction of sp³-hybridized carbons (Fsp3) is 0.857. The van der Waals surface area contributed by atoms with Crippen molar-refractivity contribution in [3.8, 4) is 0 Å². The lowest BCUT2D eigenvalue weighted by Gasteiger charge is -2.25. The van der Waals surface area contributed by atoms with Gasteiger partial charge in [-0.2, -0.15) is 0 Å². The van der Waals surface area contributed by atoms with Crippen LogP contribution in [0, 0.1) is 0 Å². The van der Waals surface area contributed by atoms with Gasteiger partial charge >= 0.3 is 5.97 Å². The van der Waals surface area contributed by atoms with Gasteiger partial charge in [0.15, 0.2) is 0 Å². The first-order chi connectivity index (χ1) is 5.71. The molecule has 4 N–H and O–H groups in total. The average Bonchev–Trinajstić information content (AvgIpc) is 2.12. The highest BCUT2D eigenvalue weighted by atomic mass is 16.5. The van der Waals surface area contributed by atoms with Crippen LogP contribution in [0.2, 0.25) is 0 Å². The zero-order valence-corrected chi connectivity index (χ0v) is 7.62. The Morgan fingerprint density at radius 1 is 1.50 bits per heavy atom. The van der Waals surface area contributed by atoms with Gasteiger partial charge < -0.3 is 16.2 Å². The van der Waals surface area contributed by atoms with Gasteiger partial charge in [0.2, 0.25) is 0 Å². The van der Waals surface area contributed by atoms with Gasteiger partial charge in [0.1, 0.15) is 6.04 Å². The van der Waals surface area contributed by atoms with Crippen molar-refractivity contribution in [2.75, 3.05) is 20.4 Å². The van der Waals surface area contributed by atoms with Crippen molar-refractivity contribution >= 4 is 5.97 Å². The zero-order chi connectivity index (χ0) is 9.56. The van der Waals surface area contributed by atoms with Crippen LogP contribution in [-0.4, -0.2) is 37.4 Å². The third-order valence-corrected chi connectivity index (χ3v) is 1.77. The number of methoxy groups -OCH3 is 1. The quantitative estimate of drug-likeness (QED) is 0.417. The first-order valence-electron chi connectivity index (χ1n) is 3.93. The van der Waals surface area contributed by atoms with E-state index in [2.05, 4.69) is 4.74 Å². The van der Waals surface area contributed by atoms with Crippen molar-refractivity contribution in [1.82, 2.24) is 4.90 Å². The molecular formula is C7H17N3O2. The first kappa shape index (κ1) is 11.4. The van der Waals surface area contributed by atoms with E-state index >= 15 is 0 Å². The average molecular weight is 175 g/mol. The van der Waals surface area contributed by atoms with E-state index in [0.29, 0.717) is 6.42 Å². The molecule has 0 aromatic carbocycles. The smallest absolute Gasteiger partial charge is 0.323 e. The summed E-state index contributed by atoms with van der Waals surface area (Å²) in [6, 6.07) is -0.315. The third-order valence-electron chi connectivity index (χ3n) is 1.77. The zero-order valence-electron chi connectivity index (χ0n) is 7.62. The molecule has 0 aliphatic carbocycles. The molecule has 0 amide bonds. The molecule has 72 valence electrons. The topological polar surface area (TPSA) is 81.6 Å². The number of hydrogen-bond acceptors (Lipinski definition) is 5. The van der Waals surface area contributed by atoms with Crippen LogP contribution in [0.5, 0.6) is 0 Å². The molecule has 5 nitrogen and oxygen atoms in total. The van der Waals surface area contributed by atoms with Crippen molar-refractivity contribution in [3.05, 3.63) is 0 Å². The second kappa shape index (κ2) is 5.93. The van der Waals surface area contributed by atoms with Gasteiger partial charge in [0.25, 0.3) is 0 Å². The largest absolute Gasteiger partial charge is 0.468 e. The van der Waals surface area contributed by atoms with E-state index in [-0.39, 0.29) is 25.3 Å². The van der Waals surface area contributed by atoms with E-state index in [1.54, 1.807) is 4.90 Å². The van der Waals surface area contributed by atoms with Gasteiger partial charge in [-0.15, -0.1) is 0 Å². The van der Waals surface area contributed by atoms with Crippen LogP contribution in [-0.2, 0) is 9.53 Å². The van der Waals surface area contributed by atoms with E-state index < -0.39 is 0 Å². The number of carbonyl (C=O) groups excluding carboxylic acids is 1. The Kier molecular flexibility index (Phi) is 5.61. The van der Waals surface area contributed by atoms with Crippen LogP contribution in [0.25, 0.3) is 0 Å². The van der Waals surface area contributed by atoms with Crippen LogP contribution < -0.4 is 11.5 Å². The Morgan fingerprint density at radius 3 is 2.25 bits per heavy atom. The molecule has 1 atom stereocenters. The summed E-state index contributed by atoms with van der Waals surface area (Å²) >= 11 is 0. The number of hydrogen-bond donors (Lipinski definition) is 2. The molecule has 5 heteroatoms. The molecule has 0 heterocycles. The number of ether oxygens (including phenoxy) is 1. The maximum atomic E-state index is 11.1. The summed E-state index contributed by atoms with van der Waals surface area (Å²) in [5.74, 6) is -0.284. The number of rotatable bonds is 5. The van der Waals surface area contributed by atoms with Crippen molar-refractivity contribution in [1.29, 1.82) is 0 Å².